The van der Waals surface area contributed by atoms with Gasteiger partial charge in [-0.05, 0) is 13.2 Å². The molecule has 0 N–H and O–H groups in total. The Balaban J connectivity index is 4.49. The third-order valence-corrected chi connectivity index (χ3v) is 1.82. The molecule has 0 unspecified atom stereocenters. The molecule has 0 aliphatic rings. The molecule has 0 aromatic rings. The quantitative estimate of drug-likeness (QED) is 0.613. The molecular weight excluding hydrogens is 177 g/mol. The Bertz CT molecular complexity index is 183. The zero-order chi connectivity index (χ0) is 9.07. The number of allylic oxidation sites excluding steroid dienone is 2. The van der Waals surface area contributed by atoms with Gasteiger partial charge < -0.3 is 0 Å². The van der Waals surface area contributed by atoms with Crippen LogP contribution in [0.3, 0.4) is 0 Å². The van der Waals surface area contributed by atoms with E-state index in [0.29, 0.717) is 0 Å². The van der Waals surface area contributed by atoms with Crippen LogP contribution >= 0.6 is 11.8 Å². The van der Waals surface area contributed by atoms with Crippen molar-refractivity contribution in [3.8, 4) is 0 Å². The van der Waals surface area contributed by atoms with Crippen LogP contribution in [0, 0.1) is 0 Å². The molecule has 0 bridgehead atoms. The van der Waals surface area contributed by atoms with Crippen LogP contribution in [-0.4, -0.2) is 18.2 Å². The molecule has 0 heterocycles. The summed E-state index contributed by atoms with van der Waals surface area (Å²) in [4.78, 5) is 10.1. The summed E-state index contributed by atoms with van der Waals surface area (Å²) in [6, 6.07) is 0. The van der Waals surface area contributed by atoms with Crippen molar-refractivity contribution in [2.45, 2.75) is 13.1 Å². The molecule has 0 radical (unpaired) electrons. The van der Waals surface area contributed by atoms with Gasteiger partial charge in [-0.2, -0.15) is 13.2 Å². The molecule has 5 heteroatoms. The van der Waals surface area contributed by atoms with Crippen molar-refractivity contribution in [2.75, 3.05) is 6.26 Å². The molecule has 0 aliphatic carbocycles. The van der Waals surface area contributed by atoms with Crippen molar-refractivity contribution >= 4 is 17.5 Å². The predicted octanol–water partition coefficient (Wildman–Crippen LogP) is 2.38. The first kappa shape index (κ1) is 10.6. The van der Waals surface area contributed by atoms with Gasteiger partial charge in [0, 0.05) is 0 Å². The predicted molar refractivity (Wildman–Crippen MR) is 38.3 cm³/mol. The number of thioether (sulfide) groups is 1. The molecular formula is C6H7F3OS. The lowest BCUT2D eigenvalue weighted by molar-refractivity contribution is -0.165. The average molecular weight is 184 g/mol. The first-order chi connectivity index (χ1) is 4.93. The standard InChI is InChI=1S/C6H7F3OS/c1-3-4(11-2)5(10)6(7,8)9/h3H,1-2H3. The van der Waals surface area contributed by atoms with E-state index in [2.05, 4.69) is 0 Å². The highest BCUT2D eigenvalue weighted by molar-refractivity contribution is 8.03. The van der Waals surface area contributed by atoms with Gasteiger partial charge in [0.05, 0.1) is 4.91 Å². The summed E-state index contributed by atoms with van der Waals surface area (Å²) in [7, 11) is 0. The Labute approximate surface area is 66.7 Å². The molecule has 0 aromatic carbocycles. The Hall–Kier alpha value is -0.450. The van der Waals surface area contributed by atoms with Crippen molar-refractivity contribution in [3.63, 3.8) is 0 Å². The second-order valence-corrected chi connectivity index (χ2v) is 2.53. The van der Waals surface area contributed by atoms with E-state index in [-0.39, 0.29) is 4.91 Å². The molecule has 64 valence electrons. The summed E-state index contributed by atoms with van der Waals surface area (Å²) in [5.74, 6) is -1.77. The Morgan fingerprint density at radius 2 is 1.91 bits per heavy atom. The van der Waals surface area contributed by atoms with Gasteiger partial charge in [0.2, 0.25) is 0 Å². The van der Waals surface area contributed by atoms with Crippen LogP contribution in [-0.2, 0) is 4.79 Å². The van der Waals surface area contributed by atoms with E-state index in [1.165, 1.54) is 13.2 Å². The number of Topliss-reactive ketones (excluding diaryl/α,β-unsaturated/α-hetero) is 1. The van der Waals surface area contributed by atoms with E-state index in [9.17, 15) is 18.0 Å². The number of rotatable bonds is 2. The van der Waals surface area contributed by atoms with Crippen LogP contribution in [0.1, 0.15) is 6.92 Å². The molecule has 11 heavy (non-hydrogen) atoms. The number of halogens is 3. The van der Waals surface area contributed by atoms with Gasteiger partial charge >= 0.3 is 6.18 Å². The van der Waals surface area contributed by atoms with Crippen molar-refractivity contribution in [3.05, 3.63) is 11.0 Å². The first-order valence-electron chi connectivity index (χ1n) is 2.75. The molecule has 0 saturated carbocycles. The topological polar surface area (TPSA) is 17.1 Å². The normalized spacial score (nSPS) is 13.4. The summed E-state index contributed by atoms with van der Waals surface area (Å²) >= 11 is 0.796. The van der Waals surface area contributed by atoms with Crippen LogP contribution in [0.5, 0.6) is 0 Å². The largest absolute Gasteiger partial charge is 0.455 e. The van der Waals surface area contributed by atoms with E-state index in [1.54, 1.807) is 0 Å². The second-order valence-electron chi connectivity index (χ2n) is 1.68. The van der Waals surface area contributed by atoms with Crippen LogP contribution in [0.15, 0.2) is 11.0 Å². The van der Waals surface area contributed by atoms with Gasteiger partial charge in [-0.15, -0.1) is 11.8 Å². The molecule has 0 rings (SSSR count). The fourth-order valence-electron chi connectivity index (χ4n) is 0.481. The average Bonchev–Trinajstić information content (AvgIpc) is 1.88. The zero-order valence-corrected chi connectivity index (χ0v) is 6.84. The Morgan fingerprint density at radius 1 is 1.45 bits per heavy atom. The zero-order valence-electron chi connectivity index (χ0n) is 6.03. The Kier molecular flexibility index (Phi) is 3.65. The van der Waals surface area contributed by atoms with Gasteiger partial charge in [0.25, 0.3) is 5.78 Å². The molecule has 0 fully saturated rings. The monoisotopic (exact) mass is 184 g/mol. The van der Waals surface area contributed by atoms with Crippen LogP contribution in [0.25, 0.3) is 0 Å². The van der Waals surface area contributed by atoms with Crippen molar-refractivity contribution in [2.24, 2.45) is 0 Å². The van der Waals surface area contributed by atoms with Crippen molar-refractivity contribution in [1.29, 1.82) is 0 Å². The van der Waals surface area contributed by atoms with Crippen LogP contribution in [0.2, 0.25) is 0 Å². The highest BCUT2D eigenvalue weighted by Crippen LogP contribution is 2.25. The van der Waals surface area contributed by atoms with Crippen molar-refractivity contribution < 1.29 is 18.0 Å². The smallest absolute Gasteiger partial charge is 0.283 e. The fraction of sp³-hybridized carbons (Fsp3) is 0.500. The van der Waals surface area contributed by atoms with Gasteiger partial charge in [-0.3, -0.25) is 4.79 Å². The van der Waals surface area contributed by atoms with E-state index < -0.39 is 12.0 Å². The van der Waals surface area contributed by atoms with E-state index >= 15 is 0 Å². The van der Waals surface area contributed by atoms with E-state index in [4.69, 9.17) is 0 Å². The van der Waals surface area contributed by atoms with Gasteiger partial charge in [0.15, 0.2) is 0 Å². The third-order valence-electron chi connectivity index (χ3n) is 0.963. The lowest BCUT2D eigenvalue weighted by Crippen LogP contribution is -2.23. The van der Waals surface area contributed by atoms with Gasteiger partial charge in [-0.25, -0.2) is 0 Å². The van der Waals surface area contributed by atoms with Crippen molar-refractivity contribution in [1.82, 2.24) is 0 Å². The number of ketones is 1. The molecule has 0 spiro atoms. The number of hydrogen-bond donors (Lipinski definition) is 0. The number of alkyl halides is 3. The highest BCUT2D eigenvalue weighted by atomic mass is 32.2. The Morgan fingerprint density at radius 3 is 2.00 bits per heavy atom. The van der Waals surface area contributed by atoms with E-state index in [1.807, 2.05) is 0 Å². The fourth-order valence-corrected chi connectivity index (χ4v) is 1.02. The maximum absolute atomic E-state index is 11.7. The maximum Gasteiger partial charge on any atom is 0.455 e. The lowest BCUT2D eigenvalue weighted by atomic mass is 10.3. The summed E-state index contributed by atoms with van der Waals surface area (Å²) in [5.41, 5.74) is 0. The summed E-state index contributed by atoms with van der Waals surface area (Å²) < 4.78 is 35.0. The third kappa shape index (κ3) is 2.96. The van der Waals surface area contributed by atoms with Gasteiger partial charge in [-0.1, -0.05) is 6.08 Å². The SMILES string of the molecule is CC=C(SC)C(=O)C(F)(F)F. The number of carbonyl (C=O) groups is 1. The minimum Gasteiger partial charge on any atom is -0.283 e. The molecule has 0 aliphatic heterocycles. The molecule has 0 amide bonds. The van der Waals surface area contributed by atoms with Crippen LogP contribution in [0.4, 0.5) is 13.2 Å². The van der Waals surface area contributed by atoms with Crippen LogP contribution < -0.4 is 0 Å². The molecule has 0 atom stereocenters. The highest BCUT2D eigenvalue weighted by Gasteiger charge is 2.40. The summed E-state index contributed by atoms with van der Waals surface area (Å²) in [5, 5.41) is 0. The molecule has 0 saturated heterocycles. The summed E-state index contributed by atoms with van der Waals surface area (Å²) in [6.07, 6.45) is -2.16. The van der Waals surface area contributed by atoms with Gasteiger partial charge in [0.1, 0.15) is 0 Å². The number of hydrogen-bond acceptors (Lipinski definition) is 2. The maximum atomic E-state index is 11.7. The van der Waals surface area contributed by atoms with E-state index in [0.717, 1.165) is 17.8 Å². The molecule has 0 aromatic heterocycles. The minimum atomic E-state index is -4.75. The summed E-state index contributed by atoms with van der Waals surface area (Å²) in [6.45, 7) is 1.40. The first-order valence-corrected chi connectivity index (χ1v) is 3.97. The minimum absolute atomic E-state index is 0.266. The molecule has 1 nitrogen and oxygen atoms in total. The second kappa shape index (κ2) is 3.80. The lowest BCUT2D eigenvalue weighted by Gasteiger charge is -2.05. The number of carbonyl (C=O) groups excluding carboxylic acids is 1.